The molecular formula is C18H23N3S. The van der Waals surface area contributed by atoms with E-state index in [-0.39, 0.29) is 0 Å². The van der Waals surface area contributed by atoms with E-state index in [2.05, 4.69) is 70.4 Å². The van der Waals surface area contributed by atoms with Gasteiger partial charge in [-0.05, 0) is 42.2 Å². The number of aliphatic imine (C=N–C) groups is 1. The van der Waals surface area contributed by atoms with E-state index in [0.29, 0.717) is 5.92 Å². The zero-order valence-corrected chi connectivity index (χ0v) is 13.8. The molecule has 2 atom stereocenters. The minimum absolute atomic E-state index is 0.717. The van der Waals surface area contributed by atoms with Crippen molar-refractivity contribution in [3.05, 3.63) is 58.3 Å². The molecule has 0 spiro atoms. The van der Waals surface area contributed by atoms with Crippen LogP contribution in [-0.4, -0.2) is 19.0 Å². The molecule has 0 radical (unpaired) electrons. The lowest BCUT2D eigenvalue weighted by Crippen LogP contribution is -2.38. The van der Waals surface area contributed by atoms with E-state index in [1.165, 1.54) is 16.9 Å². The zero-order valence-electron chi connectivity index (χ0n) is 13.0. The highest BCUT2D eigenvalue weighted by atomic mass is 32.1. The van der Waals surface area contributed by atoms with E-state index in [4.69, 9.17) is 0 Å². The summed E-state index contributed by atoms with van der Waals surface area (Å²) in [5.74, 6) is 2.37. The van der Waals surface area contributed by atoms with Gasteiger partial charge in [-0.2, -0.15) is 0 Å². The minimum Gasteiger partial charge on any atom is -0.357 e. The Bertz CT molecular complexity index is 592. The molecule has 1 aromatic heterocycles. The van der Waals surface area contributed by atoms with Crippen molar-refractivity contribution in [2.75, 3.05) is 13.1 Å². The maximum atomic E-state index is 4.66. The van der Waals surface area contributed by atoms with Gasteiger partial charge in [0, 0.05) is 18.0 Å². The van der Waals surface area contributed by atoms with Crippen LogP contribution in [0.1, 0.15) is 29.7 Å². The zero-order chi connectivity index (χ0) is 15.2. The highest BCUT2D eigenvalue weighted by Gasteiger charge is 2.37. The fourth-order valence-electron chi connectivity index (χ4n) is 2.71. The van der Waals surface area contributed by atoms with Gasteiger partial charge in [0.1, 0.15) is 0 Å². The van der Waals surface area contributed by atoms with Crippen LogP contribution in [0.4, 0.5) is 0 Å². The lowest BCUT2D eigenvalue weighted by atomic mass is 10.1. The van der Waals surface area contributed by atoms with Crippen LogP contribution in [-0.2, 0) is 6.54 Å². The molecule has 4 heteroatoms. The monoisotopic (exact) mass is 313 g/mol. The van der Waals surface area contributed by atoms with E-state index in [9.17, 15) is 0 Å². The molecule has 0 saturated heterocycles. The average molecular weight is 313 g/mol. The molecule has 3 nitrogen and oxygen atoms in total. The molecular weight excluding hydrogens is 290 g/mol. The third kappa shape index (κ3) is 4.10. The lowest BCUT2D eigenvalue weighted by molar-refractivity contribution is 0.721. The quantitative estimate of drug-likeness (QED) is 0.631. The van der Waals surface area contributed by atoms with Crippen LogP contribution >= 0.6 is 11.3 Å². The second kappa shape index (κ2) is 7.45. The van der Waals surface area contributed by atoms with Crippen molar-refractivity contribution >= 4 is 17.3 Å². The van der Waals surface area contributed by atoms with Crippen LogP contribution < -0.4 is 10.6 Å². The van der Waals surface area contributed by atoms with Crippen LogP contribution in [0.15, 0.2) is 52.8 Å². The first-order valence-electron chi connectivity index (χ1n) is 7.96. The van der Waals surface area contributed by atoms with Crippen molar-refractivity contribution in [1.29, 1.82) is 0 Å². The molecule has 1 aromatic carbocycles. The van der Waals surface area contributed by atoms with Gasteiger partial charge in [-0.3, -0.25) is 0 Å². The van der Waals surface area contributed by atoms with Gasteiger partial charge in [0.25, 0.3) is 0 Å². The first kappa shape index (κ1) is 15.1. The van der Waals surface area contributed by atoms with E-state index >= 15 is 0 Å². The summed E-state index contributed by atoms with van der Waals surface area (Å²) >= 11 is 1.75. The Morgan fingerprint density at radius 3 is 2.77 bits per heavy atom. The second-order valence-electron chi connectivity index (χ2n) is 5.67. The number of nitrogens with one attached hydrogen (secondary N) is 2. The molecule has 22 heavy (non-hydrogen) atoms. The highest BCUT2D eigenvalue weighted by molar-refractivity contribution is 7.09. The van der Waals surface area contributed by atoms with Crippen molar-refractivity contribution in [2.45, 2.75) is 25.8 Å². The van der Waals surface area contributed by atoms with E-state index < -0.39 is 0 Å². The van der Waals surface area contributed by atoms with Crippen LogP contribution in [0, 0.1) is 5.92 Å². The first-order valence-corrected chi connectivity index (χ1v) is 8.84. The highest BCUT2D eigenvalue weighted by Crippen LogP contribution is 2.46. The van der Waals surface area contributed by atoms with Crippen LogP contribution in [0.25, 0.3) is 0 Å². The van der Waals surface area contributed by atoms with Gasteiger partial charge in [-0.25, -0.2) is 4.99 Å². The van der Waals surface area contributed by atoms with Crippen molar-refractivity contribution in [2.24, 2.45) is 10.9 Å². The average Bonchev–Trinajstić information content (AvgIpc) is 3.15. The number of hydrogen-bond acceptors (Lipinski definition) is 2. The molecule has 3 rings (SSSR count). The van der Waals surface area contributed by atoms with Crippen LogP contribution in [0.5, 0.6) is 0 Å². The lowest BCUT2D eigenvalue weighted by Gasteiger charge is -2.11. The topological polar surface area (TPSA) is 36.4 Å². The van der Waals surface area contributed by atoms with Gasteiger partial charge in [0.05, 0.1) is 6.54 Å². The Labute approximate surface area is 136 Å². The fraction of sp³-hybridized carbons (Fsp3) is 0.389. The van der Waals surface area contributed by atoms with Crippen LogP contribution in [0.2, 0.25) is 0 Å². The van der Waals surface area contributed by atoms with E-state index in [0.717, 1.165) is 31.5 Å². The molecule has 1 saturated carbocycles. The normalized spacial score (nSPS) is 20.7. The van der Waals surface area contributed by atoms with Crippen molar-refractivity contribution in [1.82, 2.24) is 10.6 Å². The standard InChI is InChI=1S/C18H23N3S/c1-2-19-18(21-13-16-9-6-10-22-16)20-12-15-11-17(15)14-7-4-3-5-8-14/h3-10,15,17H,2,11-13H2,1H3,(H2,19,20,21). The van der Waals surface area contributed by atoms with Gasteiger partial charge in [-0.15, -0.1) is 11.3 Å². The number of guanidine groups is 1. The molecule has 2 aromatic rings. The summed E-state index contributed by atoms with van der Waals surface area (Å²) in [6, 6.07) is 15.0. The van der Waals surface area contributed by atoms with Gasteiger partial charge in [0.15, 0.2) is 5.96 Å². The SMILES string of the molecule is CCNC(=NCc1cccs1)NCC1CC1c1ccccc1. The summed E-state index contributed by atoms with van der Waals surface area (Å²) in [6.45, 7) is 4.74. The van der Waals surface area contributed by atoms with Crippen molar-refractivity contribution in [3.63, 3.8) is 0 Å². The van der Waals surface area contributed by atoms with Crippen molar-refractivity contribution in [3.8, 4) is 0 Å². The molecule has 1 aliphatic carbocycles. The third-order valence-electron chi connectivity index (χ3n) is 4.00. The Kier molecular flexibility index (Phi) is 5.11. The molecule has 1 heterocycles. The van der Waals surface area contributed by atoms with Crippen LogP contribution in [0.3, 0.4) is 0 Å². The maximum absolute atomic E-state index is 4.66. The number of hydrogen-bond donors (Lipinski definition) is 2. The number of rotatable bonds is 6. The predicted octanol–water partition coefficient (Wildman–Crippen LogP) is 3.61. The summed E-state index contributed by atoms with van der Waals surface area (Å²) in [6.07, 6.45) is 1.28. The first-order chi connectivity index (χ1) is 10.9. The fourth-order valence-corrected chi connectivity index (χ4v) is 3.34. The Balaban J connectivity index is 1.49. The van der Waals surface area contributed by atoms with Gasteiger partial charge < -0.3 is 10.6 Å². The molecule has 0 amide bonds. The summed E-state index contributed by atoms with van der Waals surface area (Å²) < 4.78 is 0. The predicted molar refractivity (Wildman–Crippen MR) is 94.4 cm³/mol. The minimum atomic E-state index is 0.717. The molecule has 116 valence electrons. The second-order valence-corrected chi connectivity index (χ2v) is 6.70. The Morgan fingerprint density at radius 1 is 1.18 bits per heavy atom. The molecule has 2 unspecified atom stereocenters. The maximum Gasteiger partial charge on any atom is 0.191 e. The number of thiophene rings is 1. The van der Waals surface area contributed by atoms with E-state index in [1.807, 2.05) is 0 Å². The Hall–Kier alpha value is -1.81. The third-order valence-corrected chi connectivity index (χ3v) is 4.86. The summed E-state index contributed by atoms with van der Waals surface area (Å²) in [4.78, 5) is 5.96. The largest absolute Gasteiger partial charge is 0.357 e. The summed E-state index contributed by atoms with van der Waals surface area (Å²) in [5.41, 5.74) is 1.47. The summed E-state index contributed by atoms with van der Waals surface area (Å²) in [7, 11) is 0. The summed E-state index contributed by atoms with van der Waals surface area (Å²) in [5, 5.41) is 8.91. The van der Waals surface area contributed by atoms with Gasteiger partial charge in [-0.1, -0.05) is 36.4 Å². The Morgan fingerprint density at radius 2 is 2.05 bits per heavy atom. The van der Waals surface area contributed by atoms with Gasteiger partial charge >= 0.3 is 0 Å². The van der Waals surface area contributed by atoms with E-state index in [1.54, 1.807) is 11.3 Å². The molecule has 2 N–H and O–H groups in total. The van der Waals surface area contributed by atoms with Gasteiger partial charge in [0.2, 0.25) is 0 Å². The molecule has 0 aliphatic heterocycles. The number of nitrogens with zero attached hydrogens (tertiary/aromatic N) is 1. The molecule has 0 bridgehead atoms. The number of benzene rings is 1. The smallest absolute Gasteiger partial charge is 0.191 e. The van der Waals surface area contributed by atoms with Crippen molar-refractivity contribution < 1.29 is 0 Å². The molecule has 1 fully saturated rings. The molecule has 1 aliphatic rings.